The molecule has 3 unspecified atom stereocenters. The fourth-order valence-corrected chi connectivity index (χ4v) is 7.37. The molecule has 380 valence electrons. The summed E-state index contributed by atoms with van der Waals surface area (Å²) >= 11 is 0. The van der Waals surface area contributed by atoms with Crippen molar-refractivity contribution in [2.24, 2.45) is 0 Å². The predicted molar refractivity (Wildman–Crippen MR) is 270 cm³/mol. The van der Waals surface area contributed by atoms with Crippen molar-refractivity contribution in [2.45, 2.75) is 226 Å². The van der Waals surface area contributed by atoms with E-state index in [1.165, 1.54) is 6.42 Å². The van der Waals surface area contributed by atoms with Crippen LogP contribution in [0.4, 0.5) is 0 Å². The Kier molecular flexibility index (Phi) is 46.1. The zero-order valence-electron chi connectivity index (χ0n) is 41.6. The summed E-state index contributed by atoms with van der Waals surface area (Å²) in [6, 6.07) is 0. The molecule has 0 aliphatic rings. The summed E-state index contributed by atoms with van der Waals surface area (Å²) in [7, 11) is -4.75. The first-order valence-electron chi connectivity index (χ1n) is 25.8. The van der Waals surface area contributed by atoms with Gasteiger partial charge in [0.15, 0.2) is 6.10 Å². The van der Waals surface area contributed by atoms with Crippen molar-refractivity contribution in [3.8, 4) is 0 Å². The lowest BCUT2D eigenvalue weighted by Crippen LogP contribution is -2.30. The number of ether oxygens (including phenoxy) is 3. The van der Waals surface area contributed by atoms with E-state index in [0.29, 0.717) is 19.3 Å². The van der Waals surface area contributed by atoms with Gasteiger partial charge in [-0.2, -0.15) is 0 Å². The van der Waals surface area contributed by atoms with Crippen molar-refractivity contribution >= 4 is 25.7 Å². The van der Waals surface area contributed by atoms with E-state index in [1.807, 2.05) is 0 Å². The van der Waals surface area contributed by atoms with Gasteiger partial charge in [-0.3, -0.25) is 23.4 Å². The predicted octanol–water partition coefficient (Wildman–Crippen LogP) is 14.6. The summed E-state index contributed by atoms with van der Waals surface area (Å²) in [5.41, 5.74) is 0. The van der Waals surface area contributed by atoms with E-state index in [0.717, 1.165) is 148 Å². The van der Waals surface area contributed by atoms with Gasteiger partial charge in [0.2, 0.25) is 0 Å². The average Bonchev–Trinajstić information content (AvgIpc) is 3.30. The Morgan fingerprint density at radius 1 is 0.424 bits per heavy atom. The average molecular weight is 949 g/mol. The van der Waals surface area contributed by atoms with Crippen LogP contribution in [0.1, 0.15) is 213 Å². The van der Waals surface area contributed by atoms with Crippen molar-refractivity contribution in [3.63, 3.8) is 0 Å². The molecule has 0 aromatic carbocycles. The van der Waals surface area contributed by atoms with Gasteiger partial charge in [0.25, 0.3) is 0 Å². The van der Waals surface area contributed by atoms with Crippen molar-refractivity contribution in [1.82, 2.24) is 0 Å². The molecule has 0 radical (unpaired) electrons. The number of esters is 3. The molecule has 0 saturated carbocycles. The second kappa shape index (κ2) is 48.4. The first-order chi connectivity index (χ1) is 32.2. The zero-order valence-corrected chi connectivity index (χ0v) is 42.5. The number of rotatable bonds is 47. The molecule has 12 heteroatoms. The van der Waals surface area contributed by atoms with Crippen LogP contribution in [0.3, 0.4) is 0 Å². The summed E-state index contributed by atoms with van der Waals surface area (Å²) in [4.78, 5) is 48.3. The van der Waals surface area contributed by atoms with Gasteiger partial charge in [-0.15, -0.1) is 0 Å². The number of hydrogen-bond donors (Lipinski definition) is 2. The SMILES string of the molecule is CCC/C=C\C/C=C\CCCCCCCC(=O)OCC(COP(=O)(O)OCC(CO)OC(=O)CCCCCCC/C=C\C/C=C\CCC)OC(=O)CCCCCCC/C=C\C/C=C\CCC. The number of carbonyl (C=O) groups excluding carboxylic acids is 3. The number of hydrogen-bond acceptors (Lipinski definition) is 10. The van der Waals surface area contributed by atoms with Gasteiger partial charge in [-0.25, -0.2) is 4.57 Å². The maximum atomic E-state index is 12.8. The summed E-state index contributed by atoms with van der Waals surface area (Å²) in [6.45, 7) is 4.38. The van der Waals surface area contributed by atoms with Crippen molar-refractivity contribution < 1.29 is 52.2 Å². The molecule has 0 heterocycles. The van der Waals surface area contributed by atoms with E-state index in [1.54, 1.807) is 0 Å². The number of aliphatic hydroxyl groups is 1. The second-order valence-electron chi connectivity index (χ2n) is 17.0. The largest absolute Gasteiger partial charge is 0.472 e. The lowest BCUT2D eigenvalue weighted by atomic mass is 10.1. The quantitative estimate of drug-likeness (QED) is 0.0197. The van der Waals surface area contributed by atoms with E-state index < -0.39 is 57.8 Å². The second-order valence-corrected chi connectivity index (χ2v) is 18.4. The van der Waals surface area contributed by atoms with E-state index in [9.17, 15) is 28.9 Å². The molecule has 0 aromatic heterocycles. The molecule has 11 nitrogen and oxygen atoms in total. The number of aliphatic hydroxyl groups excluding tert-OH is 1. The topological polar surface area (TPSA) is 155 Å². The van der Waals surface area contributed by atoms with Crippen LogP contribution in [0, 0.1) is 0 Å². The Labute approximate surface area is 401 Å². The van der Waals surface area contributed by atoms with Crippen LogP contribution in [0.2, 0.25) is 0 Å². The minimum absolute atomic E-state index is 0.145. The fraction of sp³-hybridized carbons (Fsp3) is 0.722. The molecular weight excluding hydrogens is 856 g/mol. The van der Waals surface area contributed by atoms with Gasteiger partial charge in [0.1, 0.15) is 12.7 Å². The van der Waals surface area contributed by atoms with Gasteiger partial charge >= 0.3 is 25.7 Å². The van der Waals surface area contributed by atoms with Gasteiger partial charge in [0.05, 0.1) is 19.8 Å². The number of carbonyl (C=O) groups is 3. The molecule has 0 spiro atoms. The number of phosphoric acid groups is 1. The van der Waals surface area contributed by atoms with Crippen LogP contribution < -0.4 is 0 Å². The summed E-state index contributed by atoms with van der Waals surface area (Å²) in [6.07, 6.45) is 51.5. The van der Waals surface area contributed by atoms with Gasteiger partial charge in [0, 0.05) is 19.3 Å². The third-order valence-electron chi connectivity index (χ3n) is 10.5. The standard InChI is InChI=1S/C54H93O11P/c1-4-7-10-13-16-19-22-25-28-31-34-37-40-43-52(56)61-47-51(65-54(58)45-42-39-36-33-30-27-24-21-18-15-12-9-6-3)49-63-66(59,60)62-48-50(46-55)64-53(57)44-41-38-35-32-29-26-23-20-17-14-11-8-5-2/h10-15,19-24,50-51,55H,4-9,16-18,25-49H2,1-3H3,(H,59,60)/b13-10-,14-11-,15-12-,22-19-,23-20-,24-21-. The monoisotopic (exact) mass is 949 g/mol. The third-order valence-corrected chi connectivity index (χ3v) is 11.5. The molecule has 0 rings (SSSR count). The molecule has 2 N–H and O–H groups in total. The highest BCUT2D eigenvalue weighted by atomic mass is 31.2. The normalized spacial score (nSPS) is 14.1. The summed E-state index contributed by atoms with van der Waals surface area (Å²) in [5, 5.41) is 9.77. The lowest BCUT2D eigenvalue weighted by Gasteiger charge is -2.21. The van der Waals surface area contributed by atoms with Gasteiger partial charge in [-0.1, -0.05) is 171 Å². The maximum absolute atomic E-state index is 12.8. The van der Waals surface area contributed by atoms with Crippen LogP contribution in [-0.2, 0) is 42.2 Å². The van der Waals surface area contributed by atoms with Crippen LogP contribution in [0.25, 0.3) is 0 Å². The molecular formula is C54H93O11P. The first kappa shape index (κ1) is 62.9. The Morgan fingerprint density at radius 2 is 0.742 bits per heavy atom. The van der Waals surface area contributed by atoms with Crippen LogP contribution in [0.5, 0.6) is 0 Å². The maximum Gasteiger partial charge on any atom is 0.472 e. The molecule has 0 fully saturated rings. The van der Waals surface area contributed by atoms with Crippen LogP contribution in [-0.4, -0.2) is 66.5 Å². The molecule has 0 bridgehead atoms. The minimum Gasteiger partial charge on any atom is -0.462 e. The molecule has 0 aliphatic carbocycles. The molecule has 66 heavy (non-hydrogen) atoms. The zero-order chi connectivity index (χ0) is 48.4. The van der Waals surface area contributed by atoms with Crippen molar-refractivity contribution in [2.75, 3.05) is 26.4 Å². The Hall–Kier alpha value is -3.08. The molecule has 0 aromatic rings. The smallest absolute Gasteiger partial charge is 0.462 e. The van der Waals surface area contributed by atoms with Crippen molar-refractivity contribution in [3.05, 3.63) is 72.9 Å². The van der Waals surface area contributed by atoms with Gasteiger partial charge in [-0.05, 0) is 96.3 Å². The van der Waals surface area contributed by atoms with E-state index in [-0.39, 0.29) is 25.9 Å². The van der Waals surface area contributed by atoms with E-state index >= 15 is 0 Å². The van der Waals surface area contributed by atoms with Crippen LogP contribution >= 0.6 is 7.82 Å². The van der Waals surface area contributed by atoms with Crippen LogP contribution in [0.15, 0.2) is 72.9 Å². The van der Waals surface area contributed by atoms with Gasteiger partial charge < -0.3 is 24.2 Å². The highest BCUT2D eigenvalue weighted by molar-refractivity contribution is 7.47. The highest BCUT2D eigenvalue weighted by Crippen LogP contribution is 2.43. The molecule has 0 saturated heterocycles. The molecule has 0 aliphatic heterocycles. The highest BCUT2D eigenvalue weighted by Gasteiger charge is 2.28. The number of allylic oxidation sites excluding steroid dienone is 12. The minimum atomic E-state index is -4.75. The molecule has 3 atom stereocenters. The number of unbranched alkanes of at least 4 members (excludes halogenated alkanes) is 18. The fourth-order valence-electron chi connectivity index (χ4n) is 6.59. The van der Waals surface area contributed by atoms with E-state index in [2.05, 4.69) is 93.7 Å². The first-order valence-corrected chi connectivity index (χ1v) is 27.3. The Balaban J connectivity index is 4.78. The Morgan fingerprint density at radius 3 is 1.12 bits per heavy atom. The third kappa shape index (κ3) is 46.0. The molecule has 0 amide bonds. The van der Waals surface area contributed by atoms with Crippen molar-refractivity contribution in [1.29, 1.82) is 0 Å². The lowest BCUT2D eigenvalue weighted by molar-refractivity contribution is -0.161. The van der Waals surface area contributed by atoms with E-state index in [4.69, 9.17) is 23.3 Å². The summed E-state index contributed by atoms with van der Waals surface area (Å²) in [5.74, 6) is -1.52. The Bertz CT molecular complexity index is 1390. The summed E-state index contributed by atoms with van der Waals surface area (Å²) < 4.78 is 39.3. The number of phosphoric ester groups is 1.